The molecule has 92 valence electrons. The zero-order valence-electron chi connectivity index (χ0n) is 10.4. The lowest BCUT2D eigenvalue weighted by molar-refractivity contribution is 0.271. The van der Waals surface area contributed by atoms with E-state index in [1.54, 1.807) is 0 Å². The Kier molecular flexibility index (Phi) is 2.72. The van der Waals surface area contributed by atoms with Gasteiger partial charge < -0.3 is 5.73 Å². The Hall–Kier alpha value is -1.94. The van der Waals surface area contributed by atoms with E-state index in [9.17, 15) is 0 Å². The van der Waals surface area contributed by atoms with Gasteiger partial charge >= 0.3 is 0 Å². The second-order valence-electron chi connectivity index (χ2n) is 4.77. The normalized spacial score (nSPS) is 14.7. The average molecular weight is 240 g/mol. The van der Waals surface area contributed by atoms with Crippen LogP contribution in [-0.4, -0.2) is 14.9 Å². The number of aryl methyl sites for hydroxylation is 1. The first-order valence-electron chi connectivity index (χ1n) is 6.09. The summed E-state index contributed by atoms with van der Waals surface area (Å²) in [5, 5.41) is 0. The van der Waals surface area contributed by atoms with Gasteiger partial charge in [0.05, 0.1) is 5.69 Å². The van der Waals surface area contributed by atoms with E-state index in [4.69, 9.17) is 5.73 Å². The van der Waals surface area contributed by atoms with Crippen LogP contribution in [0.2, 0.25) is 0 Å². The smallest absolute Gasteiger partial charge is 0.125 e. The molecule has 0 fully saturated rings. The molecule has 0 bridgehead atoms. The molecule has 0 atom stereocenters. The van der Waals surface area contributed by atoms with Crippen LogP contribution in [0.4, 0.5) is 5.69 Å². The molecule has 0 saturated heterocycles. The molecule has 0 spiro atoms. The first-order chi connectivity index (χ1) is 8.70. The summed E-state index contributed by atoms with van der Waals surface area (Å²) in [6.45, 7) is 4.70. The van der Waals surface area contributed by atoms with Crippen molar-refractivity contribution in [2.45, 2.75) is 26.6 Å². The van der Waals surface area contributed by atoms with Crippen molar-refractivity contribution in [3.05, 3.63) is 53.1 Å². The van der Waals surface area contributed by atoms with Crippen LogP contribution in [0.15, 0.2) is 30.5 Å². The predicted octanol–water partition coefficient (Wildman–Crippen LogP) is 1.88. The molecule has 18 heavy (non-hydrogen) atoms. The van der Waals surface area contributed by atoms with E-state index in [0.717, 1.165) is 36.8 Å². The number of aromatic nitrogens is 2. The molecule has 0 amide bonds. The Bertz CT molecular complexity index is 580. The second-order valence-corrected chi connectivity index (χ2v) is 4.77. The number of hydrogen-bond donors (Lipinski definition) is 1. The average Bonchev–Trinajstić information content (AvgIpc) is 2.70. The third kappa shape index (κ3) is 2.19. The molecule has 0 radical (unpaired) electrons. The molecule has 0 aliphatic carbocycles. The van der Waals surface area contributed by atoms with E-state index in [1.807, 2.05) is 25.3 Å². The zero-order valence-corrected chi connectivity index (χ0v) is 10.4. The highest BCUT2D eigenvalue weighted by Gasteiger charge is 2.19. The van der Waals surface area contributed by atoms with E-state index in [-0.39, 0.29) is 0 Å². The third-order valence-electron chi connectivity index (χ3n) is 3.24. The number of nitrogens with two attached hydrogens (primary N) is 1. The third-order valence-corrected chi connectivity index (χ3v) is 3.24. The Balaban J connectivity index is 1.74. The molecule has 2 heterocycles. The summed E-state index contributed by atoms with van der Waals surface area (Å²) in [7, 11) is 0. The summed E-state index contributed by atoms with van der Waals surface area (Å²) < 4.78 is 0. The Morgan fingerprint density at radius 2 is 2.06 bits per heavy atom. The Morgan fingerprint density at radius 3 is 2.89 bits per heavy atom. The summed E-state index contributed by atoms with van der Waals surface area (Å²) in [5.41, 5.74) is 10.4. The maximum atomic E-state index is 5.81. The van der Waals surface area contributed by atoms with Crippen LogP contribution < -0.4 is 5.73 Å². The quantitative estimate of drug-likeness (QED) is 0.814. The van der Waals surface area contributed by atoms with Gasteiger partial charge in [0.1, 0.15) is 5.82 Å². The molecule has 3 rings (SSSR count). The summed E-state index contributed by atoms with van der Waals surface area (Å²) >= 11 is 0. The number of hydrogen-bond acceptors (Lipinski definition) is 4. The molecule has 1 aromatic carbocycles. The van der Waals surface area contributed by atoms with Crippen molar-refractivity contribution in [1.29, 1.82) is 0 Å². The van der Waals surface area contributed by atoms with Crippen molar-refractivity contribution >= 4 is 5.69 Å². The van der Waals surface area contributed by atoms with Crippen LogP contribution in [0.3, 0.4) is 0 Å². The molecule has 0 saturated carbocycles. The van der Waals surface area contributed by atoms with E-state index in [0.29, 0.717) is 0 Å². The van der Waals surface area contributed by atoms with E-state index in [2.05, 4.69) is 27.0 Å². The summed E-state index contributed by atoms with van der Waals surface area (Å²) in [6, 6.07) is 8.14. The van der Waals surface area contributed by atoms with Gasteiger partial charge in [0.25, 0.3) is 0 Å². The maximum Gasteiger partial charge on any atom is 0.125 e. The number of rotatable bonds is 2. The molecular formula is C14H16N4. The van der Waals surface area contributed by atoms with Gasteiger partial charge in [-0.05, 0) is 36.2 Å². The van der Waals surface area contributed by atoms with Crippen molar-refractivity contribution in [3.63, 3.8) is 0 Å². The lowest BCUT2D eigenvalue weighted by Gasteiger charge is -2.13. The lowest BCUT2D eigenvalue weighted by atomic mass is 10.1. The van der Waals surface area contributed by atoms with Gasteiger partial charge in [-0.15, -0.1) is 0 Å². The van der Waals surface area contributed by atoms with E-state index >= 15 is 0 Å². The topological polar surface area (TPSA) is 55.0 Å². The van der Waals surface area contributed by atoms with Crippen LogP contribution in [0, 0.1) is 6.92 Å². The maximum absolute atomic E-state index is 5.81. The first kappa shape index (κ1) is 11.2. The molecule has 1 aliphatic heterocycles. The fraction of sp³-hybridized carbons (Fsp3) is 0.286. The zero-order chi connectivity index (χ0) is 12.5. The van der Waals surface area contributed by atoms with Crippen molar-refractivity contribution in [3.8, 4) is 0 Å². The highest BCUT2D eigenvalue weighted by molar-refractivity contribution is 5.46. The molecule has 2 N–H and O–H groups in total. The second kappa shape index (κ2) is 4.38. The molecule has 2 aromatic rings. The van der Waals surface area contributed by atoms with Gasteiger partial charge in [-0.1, -0.05) is 6.07 Å². The lowest BCUT2D eigenvalue weighted by Crippen LogP contribution is -2.16. The summed E-state index contributed by atoms with van der Waals surface area (Å²) in [4.78, 5) is 10.9. The van der Waals surface area contributed by atoms with Gasteiger partial charge in [0.2, 0.25) is 0 Å². The molecule has 1 aromatic heterocycles. The van der Waals surface area contributed by atoms with Gasteiger partial charge in [0.15, 0.2) is 0 Å². The van der Waals surface area contributed by atoms with Crippen LogP contribution in [0.5, 0.6) is 0 Å². The van der Waals surface area contributed by atoms with Gasteiger partial charge in [-0.25, -0.2) is 9.97 Å². The van der Waals surface area contributed by atoms with Crippen LogP contribution >= 0.6 is 0 Å². The van der Waals surface area contributed by atoms with Crippen molar-refractivity contribution in [2.75, 3.05) is 5.73 Å². The van der Waals surface area contributed by atoms with Gasteiger partial charge in [-0.3, -0.25) is 4.90 Å². The largest absolute Gasteiger partial charge is 0.399 e. The Labute approximate surface area is 106 Å². The summed E-state index contributed by atoms with van der Waals surface area (Å²) in [5.74, 6) is 0.827. The highest BCUT2D eigenvalue weighted by atomic mass is 15.1. The first-order valence-corrected chi connectivity index (χ1v) is 6.09. The van der Waals surface area contributed by atoms with Gasteiger partial charge in [0, 0.05) is 31.5 Å². The minimum atomic E-state index is 0.827. The van der Waals surface area contributed by atoms with Crippen molar-refractivity contribution < 1.29 is 0 Å². The minimum Gasteiger partial charge on any atom is -0.399 e. The van der Waals surface area contributed by atoms with Crippen LogP contribution in [-0.2, 0) is 19.6 Å². The number of nitrogens with zero attached hydrogens (tertiary/aromatic N) is 3. The molecule has 0 unspecified atom stereocenters. The van der Waals surface area contributed by atoms with Crippen LogP contribution in [0.25, 0.3) is 0 Å². The molecule has 4 nitrogen and oxygen atoms in total. The number of fused-ring (bicyclic) bond motifs is 1. The van der Waals surface area contributed by atoms with E-state index in [1.165, 1.54) is 11.1 Å². The predicted molar refractivity (Wildman–Crippen MR) is 70.6 cm³/mol. The number of anilines is 1. The minimum absolute atomic E-state index is 0.827. The van der Waals surface area contributed by atoms with Crippen molar-refractivity contribution in [2.24, 2.45) is 0 Å². The standard InChI is InChI=1S/C14H16N4/c1-10-16-5-4-14(17-10)9-18-7-11-2-3-13(15)6-12(11)8-18/h2-6H,7-9,15H2,1H3. The summed E-state index contributed by atoms with van der Waals surface area (Å²) in [6.07, 6.45) is 1.82. The fourth-order valence-corrected chi connectivity index (χ4v) is 2.42. The monoisotopic (exact) mass is 240 g/mol. The molecular weight excluding hydrogens is 224 g/mol. The van der Waals surface area contributed by atoms with Gasteiger partial charge in [-0.2, -0.15) is 0 Å². The number of benzene rings is 1. The Morgan fingerprint density at radius 1 is 1.22 bits per heavy atom. The van der Waals surface area contributed by atoms with Crippen LogP contribution in [0.1, 0.15) is 22.6 Å². The number of nitrogen functional groups attached to an aromatic ring is 1. The highest BCUT2D eigenvalue weighted by Crippen LogP contribution is 2.25. The fourth-order valence-electron chi connectivity index (χ4n) is 2.42. The molecule has 1 aliphatic rings. The van der Waals surface area contributed by atoms with E-state index < -0.39 is 0 Å². The SMILES string of the molecule is Cc1nccc(CN2Cc3ccc(N)cc3C2)n1. The molecule has 4 heteroatoms. The van der Waals surface area contributed by atoms with Crippen molar-refractivity contribution in [1.82, 2.24) is 14.9 Å².